The number of hydrogen-bond donors (Lipinski definition) is 3. The summed E-state index contributed by atoms with van der Waals surface area (Å²) in [4.78, 5) is 25.4. The molecule has 1 aliphatic rings. The van der Waals surface area contributed by atoms with Crippen molar-refractivity contribution in [2.45, 2.75) is 38.1 Å². The SMILES string of the molecule is CS(=O)(=O)Nc1cccc(C(=O)Nc2ccccc2C(=O)NC2CCCCC2)c1. The maximum atomic E-state index is 12.7. The minimum absolute atomic E-state index is 0.166. The molecule has 154 valence electrons. The predicted molar refractivity (Wildman–Crippen MR) is 114 cm³/mol. The first-order valence-corrected chi connectivity index (χ1v) is 11.5. The third-order valence-electron chi connectivity index (χ3n) is 4.79. The minimum Gasteiger partial charge on any atom is -0.349 e. The number of rotatable bonds is 6. The molecule has 7 nitrogen and oxygen atoms in total. The van der Waals surface area contributed by atoms with Gasteiger partial charge in [0.2, 0.25) is 10.0 Å². The molecule has 8 heteroatoms. The Morgan fingerprint density at radius 1 is 0.931 bits per heavy atom. The molecule has 0 unspecified atom stereocenters. The van der Waals surface area contributed by atoms with Gasteiger partial charge in [0.05, 0.1) is 17.5 Å². The number of para-hydroxylation sites is 1. The maximum absolute atomic E-state index is 12.7. The fourth-order valence-electron chi connectivity index (χ4n) is 3.43. The average molecular weight is 416 g/mol. The van der Waals surface area contributed by atoms with Crippen LogP contribution in [0, 0.1) is 0 Å². The molecule has 2 amide bonds. The summed E-state index contributed by atoms with van der Waals surface area (Å²) in [5.41, 5.74) is 1.38. The molecule has 3 rings (SSSR count). The second-order valence-corrected chi connectivity index (χ2v) is 9.01. The van der Waals surface area contributed by atoms with Crippen molar-refractivity contribution >= 4 is 33.2 Å². The number of benzene rings is 2. The zero-order valence-corrected chi connectivity index (χ0v) is 17.1. The summed E-state index contributed by atoms with van der Waals surface area (Å²) in [6.07, 6.45) is 6.41. The topological polar surface area (TPSA) is 104 Å². The number of hydrogen-bond acceptors (Lipinski definition) is 4. The Bertz CT molecular complexity index is 998. The summed E-state index contributed by atoms with van der Waals surface area (Å²) < 4.78 is 25.1. The molecule has 1 saturated carbocycles. The number of anilines is 2. The van der Waals surface area contributed by atoms with Crippen molar-refractivity contribution in [3.63, 3.8) is 0 Å². The molecule has 0 saturated heterocycles. The Morgan fingerprint density at radius 2 is 1.66 bits per heavy atom. The molecule has 2 aromatic carbocycles. The second-order valence-electron chi connectivity index (χ2n) is 7.26. The first kappa shape index (κ1) is 20.9. The molecular formula is C21H25N3O4S. The summed E-state index contributed by atoms with van der Waals surface area (Å²) in [7, 11) is -3.45. The molecule has 0 radical (unpaired) electrons. The van der Waals surface area contributed by atoms with Crippen molar-refractivity contribution in [3.8, 4) is 0 Å². The van der Waals surface area contributed by atoms with Gasteiger partial charge in [-0.15, -0.1) is 0 Å². The number of carbonyl (C=O) groups is 2. The van der Waals surface area contributed by atoms with Crippen LogP contribution in [0.3, 0.4) is 0 Å². The van der Waals surface area contributed by atoms with Gasteiger partial charge in [0, 0.05) is 17.3 Å². The highest BCUT2D eigenvalue weighted by molar-refractivity contribution is 7.92. The summed E-state index contributed by atoms with van der Waals surface area (Å²) in [6, 6.07) is 13.2. The zero-order chi connectivity index (χ0) is 20.9. The molecule has 1 aliphatic carbocycles. The van der Waals surface area contributed by atoms with Gasteiger partial charge in [-0.2, -0.15) is 0 Å². The van der Waals surface area contributed by atoms with Gasteiger partial charge in [0.15, 0.2) is 0 Å². The lowest BCUT2D eigenvalue weighted by Crippen LogP contribution is -2.36. The lowest BCUT2D eigenvalue weighted by atomic mass is 9.95. The van der Waals surface area contributed by atoms with Gasteiger partial charge < -0.3 is 10.6 Å². The van der Waals surface area contributed by atoms with E-state index in [0.29, 0.717) is 16.9 Å². The molecular weight excluding hydrogens is 390 g/mol. The number of nitrogens with one attached hydrogen (secondary N) is 3. The Labute approximate surface area is 171 Å². The summed E-state index contributed by atoms with van der Waals surface area (Å²) in [5, 5.41) is 5.81. The quantitative estimate of drug-likeness (QED) is 0.673. The van der Waals surface area contributed by atoms with E-state index in [-0.39, 0.29) is 17.5 Å². The molecule has 1 fully saturated rings. The lowest BCUT2D eigenvalue weighted by Gasteiger charge is -2.23. The number of carbonyl (C=O) groups excluding carboxylic acids is 2. The molecule has 0 aliphatic heterocycles. The van der Waals surface area contributed by atoms with E-state index in [0.717, 1.165) is 31.9 Å². The maximum Gasteiger partial charge on any atom is 0.255 e. The van der Waals surface area contributed by atoms with Crippen LogP contribution in [-0.2, 0) is 10.0 Å². The summed E-state index contributed by atoms with van der Waals surface area (Å²) in [5.74, 6) is -0.639. The third-order valence-corrected chi connectivity index (χ3v) is 5.39. The van der Waals surface area contributed by atoms with E-state index in [2.05, 4.69) is 15.4 Å². The monoisotopic (exact) mass is 415 g/mol. The van der Waals surface area contributed by atoms with E-state index in [1.807, 2.05) is 0 Å². The van der Waals surface area contributed by atoms with E-state index >= 15 is 0 Å². The largest absolute Gasteiger partial charge is 0.349 e. The van der Waals surface area contributed by atoms with Crippen molar-refractivity contribution in [1.29, 1.82) is 0 Å². The van der Waals surface area contributed by atoms with Gasteiger partial charge in [-0.1, -0.05) is 37.5 Å². The van der Waals surface area contributed by atoms with Gasteiger partial charge in [-0.25, -0.2) is 8.42 Å². The highest BCUT2D eigenvalue weighted by atomic mass is 32.2. The predicted octanol–water partition coefficient (Wildman–Crippen LogP) is 3.37. The highest BCUT2D eigenvalue weighted by Gasteiger charge is 2.19. The Morgan fingerprint density at radius 3 is 2.38 bits per heavy atom. The number of sulfonamides is 1. The van der Waals surface area contributed by atoms with E-state index < -0.39 is 15.9 Å². The molecule has 2 aromatic rings. The standard InChI is InChI=1S/C21H25N3O4S/c1-29(27,28)24-17-11-7-8-15(14-17)20(25)23-19-13-6-5-12-18(19)21(26)22-16-9-3-2-4-10-16/h5-8,11-14,16,24H,2-4,9-10H2,1H3,(H,22,26)(H,23,25). The second kappa shape index (κ2) is 9.09. The van der Waals surface area contributed by atoms with Gasteiger partial charge in [0.25, 0.3) is 11.8 Å². The third kappa shape index (κ3) is 6.05. The van der Waals surface area contributed by atoms with E-state index in [4.69, 9.17) is 0 Å². The van der Waals surface area contributed by atoms with Gasteiger partial charge in [-0.3, -0.25) is 14.3 Å². The normalized spacial score (nSPS) is 14.8. The summed E-state index contributed by atoms with van der Waals surface area (Å²) in [6.45, 7) is 0. The molecule has 0 spiro atoms. The Balaban J connectivity index is 1.74. The van der Waals surface area contributed by atoms with Crippen molar-refractivity contribution in [1.82, 2.24) is 5.32 Å². The summed E-state index contributed by atoms with van der Waals surface area (Å²) >= 11 is 0. The Hall–Kier alpha value is -2.87. The van der Waals surface area contributed by atoms with Crippen LogP contribution < -0.4 is 15.4 Å². The van der Waals surface area contributed by atoms with Crippen LogP contribution in [-0.4, -0.2) is 32.5 Å². The lowest BCUT2D eigenvalue weighted by molar-refractivity contribution is 0.0928. The van der Waals surface area contributed by atoms with Crippen LogP contribution in [0.1, 0.15) is 52.8 Å². The van der Waals surface area contributed by atoms with Gasteiger partial charge >= 0.3 is 0 Å². The van der Waals surface area contributed by atoms with Crippen LogP contribution >= 0.6 is 0 Å². The first-order valence-electron chi connectivity index (χ1n) is 9.61. The molecule has 0 atom stereocenters. The number of amides is 2. The molecule has 0 aromatic heterocycles. The van der Waals surface area contributed by atoms with E-state index in [1.54, 1.807) is 42.5 Å². The average Bonchev–Trinajstić information content (AvgIpc) is 2.68. The van der Waals surface area contributed by atoms with E-state index in [1.165, 1.54) is 12.5 Å². The van der Waals surface area contributed by atoms with Crippen molar-refractivity contribution in [2.24, 2.45) is 0 Å². The van der Waals surface area contributed by atoms with Crippen LogP contribution in [0.5, 0.6) is 0 Å². The van der Waals surface area contributed by atoms with Crippen molar-refractivity contribution < 1.29 is 18.0 Å². The van der Waals surface area contributed by atoms with Crippen LogP contribution in [0.4, 0.5) is 11.4 Å². The molecule has 0 heterocycles. The molecule has 3 N–H and O–H groups in total. The highest BCUT2D eigenvalue weighted by Crippen LogP contribution is 2.21. The van der Waals surface area contributed by atoms with Crippen molar-refractivity contribution in [2.75, 3.05) is 16.3 Å². The van der Waals surface area contributed by atoms with Gasteiger partial charge in [0.1, 0.15) is 0 Å². The first-order chi connectivity index (χ1) is 13.8. The van der Waals surface area contributed by atoms with Crippen molar-refractivity contribution in [3.05, 3.63) is 59.7 Å². The van der Waals surface area contributed by atoms with E-state index in [9.17, 15) is 18.0 Å². The smallest absolute Gasteiger partial charge is 0.255 e. The fourth-order valence-corrected chi connectivity index (χ4v) is 3.99. The van der Waals surface area contributed by atoms with Crippen LogP contribution in [0.15, 0.2) is 48.5 Å². The fraction of sp³-hybridized carbons (Fsp3) is 0.333. The molecule has 0 bridgehead atoms. The minimum atomic E-state index is -3.45. The molecule has 29 heavy (non-hydrogen) atoms. The van der Waals surface area contributed by atoms with Crippen LogP contribution in [0.2, 0.25) is 0 Å². The van der Waals surface area contributed by atoms with Crippen LogP contribution in [0.25, 0.3) is 0 Å². The Kier molecular flexibility index (Phi) is 6.53. The van der Waals surface area contributed by atoms with Gasteiger partial charge in [-0.05, 0) is 43.2 Å². The zero-order valence-electron chi connectivity index (χ0n) is 16.3.